The summed E-state index contributed by atoms with van der Waals surface area (Å²) in [5.74, 6) is 0.284. The molecule has 0 aromatic heterocycles. The summed E-state index contributed by atoms with van der Waals surface area (Å²) in [6.45, 7) is 0. The highest BCUT2D eigenvalue weighted by molar-refractivity contribution is 5.24. The van der Waals surface area contributed by atoms with Crippen molar-refractivity contribution in [3.8, 4) is 0 Å². The Morgan fingerprint density at radius 1 is 1.56 bits per heavy atom. The third-order valence-corrected chi connectivity index (χ3v) is 1.12. The fourth-order valence-corrected chi connectivity index (χ4v) is 0.629. The third-order valence-electron chi connectivity index (χ3n) is 1.12. The fraction of sp³-hybridized carbons (Fsp3) is 0.143. The number of aliphatic hydroxyl groups is 1. The second-order valence-electron chi connectivity index (χ2n) is 1.93. The monoisotopic (exact) mass is 123 g/mol. The van der Waals surface area contributed by atoms with Crippen LogP contribution >= 0.6 is 0 Å². The van der Waals surface area contributed by atoms with Crippen molar-refractivity contribution in [3.05, 3.63) is 35.8 Å². The summed E-state index contributed by atoms with van der Waals surface area (Å²) in [5.41, 5.74) is 6.22. The molecule has 0 saturated carbocycles. The van der Waals surface area contributed by atoms with E-state index in [1.807, 2.05) is 0 Å². The molecular formula is C7H9NO. The first-order valence-electron chi connectivity index (χ1n) is 2.81. The number of aliphatic hydroxyl groups excluding tert-OH is 1. The van der Waals surface area contributed by atoms with Crippen LogP contribution in [0.1, 0.15) is 6.42 Å². The average molecular weight is 123 g/mol. The molecule has 0 saturated heterocycles. The van der Waals surface area contributed by atoms with E-state index in [2.05, 4.69) is 0 Å². The smallest absolute Gasteiger partial charge is 0.111 e. The van der Waals surface area contributed by atoms with Crippen LogP contribution in [0.25, 0.3) is 0 Å². The molecule has 0 amide bonds. The molecule has 9 heavy (non-hydrogen) atoms. The molecule has 3 N–H and O–H groups in total. The molecule has 2 heteroatoms. The van der Waals surface area contributed by atoms with Gasteiger partial charge in [0.2, 0.25) is 0 Å². The summed E-state index contributed by atoms with van der Waals surface area (Å²) in [5, 5.41) is 8.89. The summed E-state index contributed by atoms with van der Waals surface area (Å²) in [6, 6.07) is 0. The highest BCUT2D eigenvalue weighted by Crippen LogP contribution is 2.04. The largest absolute Gasteiger partial charge is 0.508 e. The van der Waals surface area contributed by atoms with E-state index in [1.165, 1.54) is 0 Å². The lowest BCUT2D eigenvalue weighted by atomic mass is 10.3. The van der Waals surface area contributed by atoms with Gasteiger partial charge in [-0.2, -0.15) is 0 Å². The summed E-state index contributed by atoms with van der Waals surface area (Å²) >= 11 is 0. The lowest BCUT2D eigenvalue weighted by molar-refractivity contribution is 0.430. The van der Waals surface area contributed by atoms with Crippen molar-refractivity contribution in [2.75, 3.05) is 0 Å². The second kappa shape index (κ2) is 2.40. The van der Waals surface area contributed by atoms with Crippen LogP contribution in [0, 0.1) is 0 Å². The number of allylic oxidation sites excluding steroid dienone is 4. The molecule has 0 unspecified atom stereocenters. The zero-order valence-corrected chi connectivity index (χ0v) is 5.04. The van der Waals surface area contributed by atoms with Gasteiger partial charge in [0.15, 0.2) is 0 Å². The SMILES string of the molecule is NC1=CC=CC(O)=CC1. The number of hydrogen-bond acceptors (Lipinski definition) is 2. The maximum Gasteiger partial charge on any atom is 0.111 e. The lowest BCUT2D eigenvalue weighted by Gasteiger charge is -1.89. The molecule has 48 valence electrons. The Hall–Kier alpha value is -1.18. The fourth-order valence-electron chi connectivity index (χ4n) is 0.629. The predicted molar refractivity (Wildman–Crippen MR) is 36.7 cm³/mol. The Labute approximate surface area is 54.0 Å². The molecule has 0 radical (unpaired) electrons. The molecule has 2 nitrogen and oxygen atoms in total. The first kappa shape index (κ1) is 5.95. The van der Waals surface area contributed by atoms with E-state index >= 15 is 0 Å². The van der Waals surface area contributed by atoms with Crippen molar-refractivity contribution in [2.45, 2.75) is 6.42 Å². The Bertz CT molecular complexity index is 186. The second-order valence-corrected chi connectivity index (χ2v) is 1.93. The van der Waals surface area contributed by atoms with Crippen LogP contribution in [0.5, 0.6) is 0 Å². The van der Waals surface area contributed by atoms with Crippen molar-refractivity contribution >= 4 is 0 Å². The molecular weight excluding hydrogens is 114 g/mol. The van der Waals surface area contributed by atoms with Gasteiger partial charge in [-0.1, -0.05) is 6.08 Å². The summed E-state index contributed by atoms with van der Waals surface area (Å²) in [4.78, 5) is 0. The topological polar surface area (TPSA) is 46.2 Å². The molecule has 0 fully saturated rings. The van der Waals surface area contributed by atoms with Crippen LogP contribution in [0.3, 0.4) is 0 Å². The Balaban J connectivity index is 2.75. The highest BCUT2D eigenvalue weighted by Gasteiger charge is 1.91. The highest BCUT2D eigenvalue weighted by atomic mass is 16.3. The third kappa shape index (κ3) is 1.64. The van der Waals surface area contributed by atoms with Crippen molar-refractivity contribution in [3.63, 3.8) is 0 Å². The quantitative estimate of drug-likeness (QED) is 0.509. The maximum absolute atomic E-state index is 8.89. The molecule has 1 aliphatic rings. The Kier molecular flexibility index (Phi) is 1.58. The van der Waals surface area contributed by atoms with Gasteiger partial charge in [-0.25, -0.2) is 0 Å². The summed E-state index contributed by atoms with van der Waals surface area (Å²) in [7, 11) is 0. The Morgan fingerprint density at radius 2 is 2.33 bits per heavy atom. The first-order chi connectivity index (χ1) is 4.29. The molecule has 0 aromatic rings. The zero-order chi connectivity index (χ0) is 6.69. The molecule has 0 heterocycles. The zero-order valence-electron chi connectivity index (χ0n) is 5.04. The lowest BCUT2D eigenvalue weighted by Crippen LogP contribution is -1.93. The minimum absolute atomic E-state index is 0.284. The minimum atomic E-state index is 0.284. The first-order valence-corrected chi connectivity index (χ1v) is 2.81. The normalized spacial score (nSPS) is 18.2. The van der Waals surface area contributed by atoms with Crippen molar-refractivity contribution < 1.29 is 5.11 Å². The van der Waals surface area contributed by atoms with Gasteiger partial charge >= 0.3 is 0 Å². The number of hydrogen-bond donors (Lipinski definition) is 2. The van der Waals surface area contributed by atoms with Crippen LogP contribution < -0.4 is 5.73 Å². The van der Waals surface area contributed by atoms with Crippen LogP contribution in [-0.4, -0.2) is 5.11 Å². The van der Waals surface area contributed by atoms with E-state index in [9.17, 15) is 0 Å². The molecule has 0 atom stereocenters. The van der Waals surface area contributed by atoms with Gasteiger partial charge in [0.25, 0.3) is 0 Å². The summed E-state index contributed by atoms with van der Waals surface area (Å²) < 4.78 is 0. The van der Waals surface area contributed by atoms with Gasteiger partial charge in [-0.15, -0.1) is 0 Å². The van der Waals surface area contributed by atoms with Gasteiger partial charge in [-0.05, 0) is 18.2 Å². The number of rotatable bonds is 0. The molecule has 0 spiro atoms. The number of nitrogens with two attached hydrogens (primary N) is 1. The van der Waals surface area contributed by atoms with E-state index in [0.29, 0.717) is 6.42 Å². The molecule has 0 aromatic carbocycles. The Morgan fingerprint density at radius 3 is 3.11 bits per heavy atom. The minimum Gasteiger partial charge on any atom is -0.508 e. The average Bonchev–Trinajstić information content (AvgIpc) is 1.97. The van der Waals surface area contributed by atoms with Crippen LogP contribution in [0.4, 0.5) is 0 Å². The molecule has 0 aliphatic heterocycles. The van der Waals surface area contributed by atoms with Crippen LogP contribution in [0.2, 0.25) is 0 Å². The molecule has 0 bridgehead atoms. The van der Waals surface area contributed by atoms with Crippen LogP contribution in [0.15, 0.2) is 35.8 Å². The van der Waals surface area contributed by atoms with Gasteiger partial charge < -0.3 is 10.8 Å². The molecule has 1 rings (SSSR count). The predicted octanol–water partition coefficient (Wildman–Crippen LogP) is 1.23. The van der Waals surface area contributed by atoms with E-state index in [4.69, 9.17) is 10.8 Å². The van der Waals surface area contributed by atoms with Gasteiger partial charge in [0.05, 0.1) is 0 Å². The van der Waals surface area contributed by atoms with E-state index in [0.717, 1.165) is 5.70 Å². The standard InChI is InChI=1S/C7H9NO/c8-6-2-1-3-7(9)5-4-6/h1-3,5,9H,4,8H2. The van der Waals surface area contributed by atoms with Gasteiger partial charge in [-0.3, -0.25) is 0 Å². The van der Waals surface area contributed by atoms with Crippen molar-refractivity contribution in [2.24, 2.45) is 5.73 Å². The van der Waals surface area contributed by atoms with Gasteiger partial charge in [0, 0.05) is 12.1 Å². The molecule has 1 aliphatic carbocycles. The van der Waals surface area contributed by atoms with Crippen LogP contribution in [-0.2, 0) is 0 Å². The van der Waals surface area contributed by atoms with E-state index in [-0.39, 0.29) is 5.76 Å². The van der Waals surface area contributed by atoms with Crippen molar-refractivity contribution in [1.29, 1.82) is 0 Å². The van der Waals surface area contributed by atoms with E-state index in [1.54, 1.807) is 24.3 Å². The maximum atomic E-state index is 8.89. The van der Waals surface area contributed by atoms with Crippen molar-refractivity contribution in [1.82, 2.24) is 0 Å². The van der Waals surface area contributed by atoms with Gasteiger partial charge in [0.1, 0.15) is 5.76 Å². The summed E-state index contributed by atoms with van der Waals surface area (Å²) in [6.07, 6.45) is 7.43. The van der Waals surface area contributed by atoms with E-state index < -0.39 is 0 Å².